The molecule has 9 heteroatoms. The largest absolute Gasteiger partial charge is 0.496 e. The second kappa shape index (κ2) is 11.5. The van der Waals surface area contributed by atoms with E-state index in [1.807, 2.05) is 13.8 Å². The number of carboxylic acid groups (broad SMARTS) is 1. The summed E-state index contributed by atoms with van der Waals surface area (Å²) in [5, 5.41) is 15.2. The lowest BCUT2D eigenvalue weighted by Gasteiger charge is -2.22. The summed E-state index contributed by atoms with van der Waals surface area (Å²) < 4.78 is 11.3. The predicted molar refractivity (Wildman–Crippen MR) is 143 cm³/mol. The van der Waals surface area contributed by atoms with Crippen LogP contribution >= 0.6 is 12.6 Å². The summed E-state index contributed by atoms with van der Waals surface area (Å²) >= 11 is 4.39. The van der Waals surface area contributed by atoms with E-state index in [1.54, 1.807) is 36.4 Å². The first kappa shape index (κ1) is 26.9. The van der Waals surface area contributed by atoms with Gasteiger partial charge in [0.1, 0.15) is 23.3 Å². The minimum atomic E-state index is -1.09. The van der Waals surface area contributed by atoms with Gasteiger partial charge in [0.15, 0.2) is 0 Å². The Morgan fingerprint density at radius 3 is 2.59 bits per heavy atom. The molecule has 4 unspecified atom stereocenters. The molecule has 4 rings (SSSR count). The van der Waals surface area contributed by atoms with Gasteiger partial charge in [0.05, 0.1) is 17.6 Å². The molecular weight excluding hydrogens is 492 g/mol. The number of hydrogen-bond acceptors (Lipinski definition) is 6. The fourth-order valence-electron chi connectivity index (χ4n) is 5.42. The highest BCUT2D eigenvalue weighted by molar-refractivity contribution is 7.85. The summed E-state index contributed by atoms with van der Waals surface area (Å²) in [5.41, 5.74) is 0.803. The maximum atomic E-state index is 13.0. The average Bonchev–Trinajstić information content (AvgIpc) is 3.60. The Morgan fingerprint density at radius 1 is 1.19 bits per heavy atom. The molecule has 2 aliphatic rings. The van der Waals surface area contributed by atoms with Crippen molar-refractivity contribution in [3.8, 4) is 17.1 Å². The van der Waals surface area contributed by atoms with Crippen LogP contribution in [0.1, 0.15) is 62.1 Å². The first-order valence-electron chi connectivity index (χ1n) is 12.7. The van der Waals surface area contributed by atoms with E-state index < -0.39 is 17.9 Å². The van der Waals surface area contributed by atoms with Crippen LogP contribution in [0.3, 0.4) is 0 Å². The Hall–Kier alpha value is -3.20. The summed E-state index contributed by atoms with van der Waals surface area (Å²) in [6.07, 6.45) is 6.57. The van der Waals surface area contributed by atoms with Crippen molar-refractivity contribution in [3.05, 3.63) is 46.6 Å². The molecule has 4 atom stereocenters. The molecule has 2 aliphatic carbocycles. The lowest BCUT2D eigenvalue weighted by atomic mass is 9.95. The SMILES string of the molecule is COc1ccc(-c2ccc(/C=C(\S)C(=O)NC3CC4CCC3C4)o2)cc1C(=O)NC(CC(C)C)C(=O)O. The predicted octanol–water partition coefficient (Wildman–Crippen LogP) is 4.76. The molecule has 2 fully saturated rings. The van der Waals surface area contributed by atoms with Gasteiger partial charge < -0.3 is 24.9 Å². The highest BCUT2D eigenvalue weighted by Crippen LogP contribution is 2.44. The second-order valence-electron chi connectivity index (χ2n) is 10.4. The standard InChI is InChI=1S/C28H34N2O6S/c1-15(2)10-22(28(33)34)30-26(31)20-13-18(6-8-24(20)35-3)23-9-7-19(36-23)14-25(37)27(32)29-21-12-16-4-5-17(21)11-16/h6-9,13-17,21-22,37H,4-5,10-12H2,1-3H3,(H,29,32)(H,30,31)(H,33,34)/b25-14-. The number of methoxy groups -OCH3 is 1. The van der Waals surface area contributed by atoms with E-state index in [0.717, 1.165) is 12.3 Å². The van der Waals surface area contributed by atoms with Crippen molar-refractivity contribution < 1.29 is 28.6 Å². The number of carbonyl (C=O) groups is 3. The highest BCUT2D eigenvalue weighted by atomic mass is 32.1. The zero-order valence-electron chi connectivity index (χ0n) is 21.3. The van der Waals surface area contributed by atoms with Crippen LogP contribution < -0.4 is 15.4 Å². The van der Waals surface area contributed by atoms with Crippen molar-refractivity contribution in [1.29, 1.82) is 0 Å². The molecule has 1 aromatic carbocycles. The van der Waals surface area contributed by atoms with E-state index in [1.165, 1.54) is 26.4 Å². The molecule has 0 saturated heterocycles. The Labute approximate surface area is 222 Å². The number of thiol groups is 1. The summed E-state index contributed by atoms with van der Waals surface area (Å²) in [6.45, 7) is 3.79. The van der Waals surface area contributed by atoms with Crippen LogP contribution in [0.15, 0.2) is 39.7 Å². The number of hydrogen-bond donors (Lipinski definition) is 4. The molecule has 0 aliphatic heterocycles. The number of carboxylic acids is 1. The molecule has 0 radical (unpaired) electrons. The third-order valence-corrected chi connectivity index (χ3v) is 7.56. The Bertz CT molecular complexity index is 1200. The van der Waals surface area contributed by atoms with Crippen LogP contribution in [0.4, 0.5) is 0 Å². The van der Waals surface area contributed by atoms with Crippen molar-refractivity contribution in [2.75, 3.05) is 7.11 Å². The van der Waals surface area contributed by atoms with Crippen molar-refractivity contribution in [2.24, 2.45) is 17.8 Å². The highest BCUT2D eigenvalue weighted by Gasteiger charge is 2.40. The Morgan fingerprint density at radius 2 is 1.97 bits per heavy atom. The van der Waals surface area contributed by atoms with Gasteiger partial charge in [0, 0.05) is 11.6 Å². The maximum Gasteiger partial charge on any atom is 0.326 e. The van der Waals surface area contributed by atoms with E-state index in [2.05, 4.69) is 23.3 Å². The molecule has 2 saturated carbocycles. The van der Waals surface area contributed by atoms with Gasteiger partial charge in [-0.25, -0.2) is 4.79 Å². The van der Waals surface area contributed by atoms with Crippen molar-refractivity contribution in [1.82, 2.24) is 10.6 Å². The summed E-state index contributed by atoms with van der Waals surface area (Å²) in [7, 11) is 1.44. The summed E-state index contributed by atoms with van der Waals surface area (Å²) in [5.74, 6) is 0.798. The van der Waals surface area contributed by atoms with Crippen LogP contribution in [0.25, 0.3) is 17.4 Å². The van der Waals surface area contributed by atoms with Gasteiger partial charge in [-0.1, -0.05) is 20.3 Å². The fraction of sp³-hybridized carbons (Fsp3) is 0.464. The first-order valence-corrected chi connectivity index (χ1v) is 13.1. The van der Waals surface area contributed by atoms with Gasteiger partial charge in [0.25, 0.3) is 11.8 Å². The van der Waals surface area contributed by atoms with Crippen molar-refractivity contribution in [2.45, 2.75) is 58.0 Å². The Kier molecular flexibility index (Phi) is 8.32. The monoisotopic (exact) mass is 526 g/mol. The molecule has 1 heterocycles. The molecule has 37 heavy (non-hydrogen) atoms. The van der Waals surface area contributed by atoms with Crippen LogP contribution in [0, 0.1) is 17.8 Å². The van der Waals surface area contributed by atoms with Crippen molar-refractivity contribution in [3.63, 3.8) is 0 Å². The van der Waals surface area contributed by atoms with Crippen LogP contribution in [-0.2, 0) is 9.59 Å². The quantitative estimate of drug-likeness (QED) is 0.262. The molecule has 2 amide bonds. The van der Waals surface area contributed by atoms with E-state index >= 15 is 0 Å². The van der Waals surface area contributed by atoms with Gasteiger partial charge in [0.2, 0.25) is 0 Å². The topological polar surface area (TPSA) is 118 Å². The zero-order valence-corrected chi connectivity index (χ0v) is 22.2. The van der Waals surface area contributed by atoms with Crippen LogP contribution in [0.2, 0.25) is 0 Å². The number of benzene rings is 1. The normalized spacial score (nSPS) is 21.6. The number of ether oxygens (including phenoxy) is 1. The van der Waals surface area contributed by atoms with Gasteiger partial charge in [-0.05, 0) is 79.8 Å². The summed E-state index contributed by atoms with van der Waals surface area (Å²) in [4.78, 5) is 37.5. The van der Waals surface area contributed by atoms with Gasteiger partial charge in [-0.3, -0.25) is 9.59 Å². The minimum absolute atomic E-state index is 0.0938. The Balaban J connectivity index is 1.48. The zero-order chi connectivity index (χ0) is 26.7. The number of aliphatic carboxylic acids is 1. The number of fused-ring (bicyclic) bond motifs is 2. The van der Waals surface area contributed by atoms with E-state index in [-0.39, 0.29) is 28.3 Å². The summed E-state index contributed by atoms with van der Waals surface area (Å²) in [6, 6.07) is 7.64. The first-order chi connectivity index (χ1) is 17.6. The number of nitrogens with one attached hydrogen (secondary N) is 2. The van der Waals surface area contributed by atoms with E-state index in [0.29, 0.717) is 35.2 Å². The molecule has 2 aromatic rings. The third-order valence-electron chi connectivity index (χ3n) is 7.23. The third kappa shape index (κ3) is 6.39. The molecular formula is C28H34N2O6S. The lowest BCUT2D eigenvalue weighted by Crippen LogP contribution is -2.41. The second-order valence-corrected chi connectivity index (χ2v) is 10.9. The fourth-order valence-corrected chi connectivity index (χ4v) is 5.61. The lowest BCUT2D eigenvalue weighted by molar-refractivity contribution is -0.139. The van der Waals surface area contributed by atoms with Crippen LogP contribution in [-0.4, -0.2) is 42.1 Å². The average molecular weight is 527 g/mol. The van der Waals surface area contributed by atoms with Crippen molar-refractivity contribution >= 4 is 36.5 Å². The number of rotatable bonds is 10. The molecule has 8 nitrogen and oxygen atoms in total. The number of furan rings is 1. The number of carbonyl (C=O) groups excluding carboxylic acids is 2. The van der Waals surface area contributed by atoms with E-state index in [4.69, 9.17) is 9.15 Å². The molecule has 1 aromatic heterocycles. The number of amides is 2. The van der Waals surface area contributed by atoms with Gasteiger partial charge >= 0.3 is 5.97 Å². The molecule has 198 valence electrons. The smallest absolute Gasteiger partial charge is 0.326 e. The molecule has 3 N–H and O–H groups in total. The van der Waals surface area contributed by atoms with Gasteiger partial charge in [-0.2, -0.15) is 0 Å². The molecule has 0 spiro atoms. The molecule has 2 bridgehead atoms. The van der Waals surface area contributed by atoms with Gasteiger partial charge in [-0.15, -0.1) is 12.6 Å². The van der Waals surface area contributed by atoms with E-state index in [9.17, 15) is 19.5 Å². The van der Waals surface area contributed by atoms with Crippen LogP contribution in [0.5, 0.6) is 5.75 Å². The minimum Gasteiger partial charge on any atom is -0.496 e. The maximum absolute atomic E-state index is 13.0.